The van der Waals surface area contributed by atoms with Crippen molar-refractivity contribution in [1.82, 2.24) is 0 Å². The molecule has 22 heavy (non-hydrogen) atoms. The topological polar surface area (TPSA) is 29.5 Å². The number of fused-ring (bicyclic) bond motifs is 5. The fourth-order valence-electron chi connectivity index (χ4n) is 5.92. The molecule has 0 bridgehead atoms. The van der Waals surface area contributed by atoms with Crippen LogP contribution in [0.25, 0.3) is 0 Å². The second-order valence-corrected chi connectivity index (χ2v) is 8.07. The van der Waals surface area contributed by atoms with E-state index in [-0.39, 0.29) is 11.5 Å². The van der Waals surface area contributed by atoms with Crippen LogP contribution in [0.1, 0.15) is 61.6 Å². The third kappa shape index (κ3) is 1.89. The number of rotatable bonds is 1. The highest BCUT2D eigenvalue weighted by molar-refractivity contribution is 5.45. The fraction of sp³-hybridized carbons (Fsp3) is 0.700. The normalized spacial score (nSPS) is 39.8. The second-order valence-electron chi connectivity index (χ2n) is 8.07. The van der Waals surface area contributed by atoms with Gasteiger partial charge in [0.2, 0.25) is 0 Å². The molecule has 5 atom stereocenters. The Kier molecular flexibility index (Phi) is 3.30. The highest BCUT2D eigenvalue weighted by Gasteiger charge is 2.54. The summed E-state index contributed by atoms with van der Waals surface area (Å²) in [6.45, 7) is 4.49. The van der Waals surface area contributed by atoms with Crippen molar-refractivity contribution in [2.24, 2.45) is 17.3 Å². The fourth-order valence-corrected chi connectivity index (χ4v) is 5.92. The maximum atomic E-state index is 10.5. The molecular formula is C20H28O2. The molecule has 0 saturated heterocycles. The Hall–Kier alpha value is -1.02. The van der Waals surface area contributed by atoms with Gasteiger partial charge in [-0.2, -0.15) is 0 Å². The maximum absolute atomic E-state index is 10.5. The SMILES string of the molecule is COc1cc2c(cc1C)CCC1C2CC[C@@]2(C)C1CC[C@H]2O. The summed E-state index contributed by atoms with van der Waals surface area (Å²) >= 11 is 0. The van der Waals surface area contributed by atoms with Gasteiger partial charge in [-0.15, -0.1) is 0 Å². The van der Waals surface area contributed by atoms with Crippen LogP contribution in [0.2, 0.25) is 0 Å². The number of hydrogen-bond acceptors (Lipinski definition) is 2. The van der Waals surface area contributed by atoms with Gasteiger partial charge < -0.3 is 9.84 Å². The largest absolute Gasteiger partial charge is 0.496 e. The summed E-state index contributed by atoms with van der Waals surface area (Å²) in [5.74, 6) is 3.19. The molecule has 3 aliphatic rings. The molecule has 0 radical (unpaired) electrons. The van der Waals surface area contributed by atoms with E-state index < -0.39 is 0 Å². The van der Waals surface area contributed by atoms with Crippen LogP contribution in [0.5, 0.6) is 5.75 Å². The zero-order valence-corrected chi connectivity index (χ0v) is 14.1. The van der Waals surface area contributed by atoms with Crippen molar-refractivity contribution in [2.75, 3.05) is 7.11 Å². The van der Waals surface area contributed by atoms with Gasteiger partial charge in [0.1, 0.15) is 5.75 Å². The van der Waals surface area contributed by atoms with E-state index in [2.05, 4.69) is 26.0 Å². The van der Waals surface area contributed by atoms with E-state index in [1.165, 1.54) is 37.7 Å². The van der Waals surface area contributed by atoms with Gasteiger partial charge in [0.25, 0.3) is 0 Å². The lowest BCUT2D eigenvalue weighted by atomic mass is 9.55. The average molecular weight is 300 g/mol. The van der Waals surface area contributed by atoms with E-state index in [0.717, 1.165) is 18.1 Å². The second kappa shape index (κ2) is 4.99. The molecule has 120 valence electrons. The first-order valence-electron chi connectivity index (χ1n) is 8.90. The van der Waals surface area contributed by atoms with Crippen LogP contribution in [0.3, 0.4) is 0 Å². The first-order valence-corrected chi connectivity index (χ1v) is 8.90. The van der Waals surface area contributed by atoms with Gasteiger partial charge in [0, 0.05) is 0 Å². The van der Waals surface area contributed by atoms with Crippen LogP contribution >= 0.6 is 0 Å². The van der Waals surface area contributed by atoms with E-state index in [4.69, 9.17) is 4.74 Å². The molecule has 2 saturated carbocycles. The van der Waals surface area contributed by atoms with Gasteiger partial charge in [-0.25, -0.2) is 0 Å². The van der Waals surface area contributed by atoms with E-state index in [1.807, 2.05) is 0 Å². The molecule has 2 heteroatoms. The summed E-state index contributed by atoms with van der Waals surface area (Å²) in [7, 11) is 1.78. The smallest absolute Gasteiger partial charge is 0.122 e. The number of aliphatic hydroxyl groups is 1. The number of methoxy groups -OCH3 is 1. The lowest BCUT2D eigenvalue weighted by Gasteiger charge is -2.50. The van der Waals surface area contributed by atoms with Gasteiger partial charge in [0.15, 0.2) is 0 Å². The van der Waals surface area contributed by atoms with Gasteiger partial charge >= 0.3 is 0 Å². The van der Waals surface area contributed by atoms with E-state index in [0.29, 0.717) is 11.8 Å². The summed E-state index contributed by atoms with van der Waals surface area (Å²) < 4.78 is 5.57. The zero-order chi connectivity index (χ0) is 15.5. The monoisotopic (exact) mass is 300 g/mol. The van der Waals surface area contributed by atoms with Crippen LogP contribution in [-0.4, -0.2) is 18.3 Å². The Morgan fingerprint density at radius 2 is 2.00 bits per heavy atom. The number of benzene rings is 1. The lowest BCUT2D eigenvalue weighted by Crippen LogP contribution is -2.43. The Morgan fingerprint density at radius 1 is 1.18 bits per heavy atom. The third-order valence-corrected chi connectivity index (χ3v) is 7.19. The third-order valence-electron chi connectivity index (χ3n) is 7.19. The van der Waals surface area contributed by atoms with Crippen LogP contribution < -0.4 is 4.74 Å². The molecular weight excluding hydrogens is 272 g/mol. The van der Waals surface area contributed by atoms with Crippen molar-refractivity contribution in [3.8, 4) is 5.75 Å². The summed E-state index contributed by atoms with van der Waals surface area (Å²) in [6, 6.07) is 4.66. The molecule has 0 heterocycles. The number of ether oxygens (including phenoxy) is 1. The van der Waals surface area contributed by atoms with Gasteiger partial charge in [0.05, 0.1) is 13.2 Å². The van der Waals surface area contributed by atoms with Crippen molar-refractivity contribution in [3.63, 3.8) is 0 Å². The average Bonchev–Trinajstić information content (AvgIpc) is 2.82. The maximum Gasteiger partial charge on any atom is 0.122 e. The van der Waals surface area contributed by atoms with Crippen LogP contribution in [-0.2, 0) is 6.42 Å². The summed E-state index contributed by atoms with van der Waals surface area (Å²) in [5, 5.41) is 10.5. The predicted molar refractivity (Wildman–Crippen MR) is 88.4 cm³/mol. The minimum Gasteiger partial charge on any atom is -0.496 e. The number of aryl methyl sites for hydroxylation is 2. The highest BCUT2D eigenvalue weighted by Crippen LogP contribution is 2.61. The van der Waals surface area contributed by atoms with Crippen LogP contribution in [0.4, 0.5) is 0 Å². The molecule has 0 aromatic heterocycles. The van der Waals surface area contributed by atoms with Crippen LogP contribution in [0.15, 0.2) is 12.1 Å². The summed E-state index contributed by atoms with van der Waals surface area (Å²) in [5.41, 5.74) is 4.52. The Labute approximate surface area is 133 Å². The summed E-state index contributed by atoms with van der Waals surface area (Å²) in [6.07, 6.45) is 7.06. The zero-order valence-electron chi connectivity index (χ0n) is 14.1. The lowest BCUT2D eigenvalue weighted by molar-refractivity contribution is -0.0226. The molecule has 0 aliphatic heterocycles. The number of aliphatic hydroxyl groups excluding tert-OH is 1. The first-order chi connectivity index (χ1) is 10.5. The molecule has 0 spiro atoms. The molecule has 3 aliphatic carbocycles. The van der Waals surface area contributed by atoms with Crippen molar-refractivity contribution in [1.29, 1.82) is 0 Å². The molecule has 1 aromatic rings. The van der Waals surface area contributed by atoms with Crippen molar-refractivity contribution < 1.29 is 9.84 Å². The van der Waals surface area contributed by atoms with Gasteiger partial charge in [-0.3, -0.25) is 0 Å². The highest BCUT2D eigenvalue weighted by atomic mass is 16.5. The Balaban J connectivity index is 1.72. The molecule has 0 amide bonds. The van der Waals surface area contributed by atoms with E-state index in [9.17, 15) is 5.11 Å². The summed E-state index contributed by atoms with van der Waals surface area (Å²) in [4.78, 5) is 0. The van der Waals surface area contributed by atoms with Gasteiger partial charge in [-0.05, 0) is 91.4 Å². The number of hydrogen-bond donors (Lipinski definition) is 1. The molecule has 1 aromatic carbocycles. The van der Waals surface area contributed by atoms with E-state index >= 15 is 0 Å². The van der Waals surface area contributed by atoms with Crippen molar-refractivity contribution in [3.05, 3.63) is 28.8 Å². The minimum absolute atomic E-state index is 0.0765. The first kappa shape index (κ1) is 14.6. The Bertz CT molecular complexity index is 594. The standard InChI is InChI=1S/C20H28O2/c1-12-10-13-4-5-15-14(16(13)11-18(12)22-3)8-9-20(2)17(15)6-7-19(20)21/h10-11,14-15,17,19,21H,4-9H2,1-3H3/t14?,15?,17?,19-,20+/m1/s1. The van der Waals surface area contributed by atoms with E-state index in [1.54, 1.807) is 18.2 Å². The molecule has 1 N–H and O–H groups in total. The van der Waals surface area contributed by atoms with Crippen LogP contribution in [0, 0.1) is 24.2 Å². The van der Waals surface area contributed by atoms with Gasteiger partial charge in [-0.1, -0.05) is 13.0 Å². The molecule has 3 unspecified atom stereocenters. The van der Waals surface area contributed by atoms with Crippen molar-refractivity contribution in [2.45, 2.75) is 64.4 Å². The minimum atomic E-state index is -0.0765. The quantitative estimate of drug-likeness (QED) is 0.841. The van der Waals surface area contributed by atoms with Crippen molar-refractivity contribution >= 4 is 0 Å². The molecule has 2 fully saturated rings. The Morgan fingerprint density at radius 3 is 2.77 bits per heavy atom. The molecule has 2 nitrogen and oxygen atoms in total. The molecule has 4 rings (SSSR count). The predicted octanol–water partition coefficient (Wildman–Crippen LogP) is 4.22.